The van der Waals surface area contributed by atoms with Crippen LogP contribution in [-0.4, -0.2) is 10.9 Å². The van der Waals surface area contributed by atoms with Crippen molar-refractivity contribution in [1.82, 2.24) is 10.3 Å². The van der Waals surface area contributed by atoms with Gasteiger partial charge in [-0.05, 0) is 36.8 Å². The molecule has 0 radical (unpaired) electrons. The SMILES string of the molecule is CC(=O)N[C@@H](C)c1ccc2[nH]c(=S)oc2c1. The zero-order valence-corrected chi connectivity index (χ0v) is 9.85. The molecule has 5 heteroatoms. The number of nitrogens with one attached hydrogen (secondary N) is 2. The second-order valence-electron chi connectivity index (χ2n) is 3.69. The second-order valence-corrected chi connectivity index (χ2v) is 4.06. The third-order valence-corrected chi connectivity index (χ3v) is 2.55. The van der Waals surface area contributed by atoms with Gasteiger partial charge in [0.1, 0.15) is 0 Å². The molecular weight excluding hydrogens is 224 g/mol. The Morgan fingerprint density at radius 3 is 3.00 bits per heavy atom. The van der Waals surface area contributed by atoms with Crippen LogP contribution in [0.15, 0.2) is 22.6 Å². The number of carbonyl (C=O) groups is 1. The minimum atomic E-state index is -0.0532. The summed E-state index contributed by atoms with van der Waals surface area (Å²) in [5.41, 5.74) is 2.56. The van der Waals surface area contributed by atoms with Crippen LogP contribution in [0.2, 0.25) is 0 Å². The number of aromatic nitrogens is 1. The van der Waals surface area contributed by atoms with Crippen molar-refractivity contribution in [3.8, 4) is 0 Å². The quantitative estimate of drug-likeness (QED) is 0.788. The number of fused-ring (bicyclic) bond motifs is 1. The van der Waals surface area contributed by atoms with E-state index in [2.05, 4.69) is 10.3 Å². The summed E-state index contributed by atoms with van der Waals surface area (Å²) in [6, 6.07) is 5.66. The first kappa shape index (κ1) is 10.9. The summed E-state index contributed by atoms with van der Waals surface area (Å²) < 4.78 is 5.31. The molecule has 2 N–H and O–H groups in total. The van der Waals surface area contributed by atoms with E-state index in [1.54, 1.807) is 0 Å². The molecule has 1 atom stereocenters. The number of hydrogen-bond acceptors (Lipinski definition) is 3. The molecule has 4 nitrogen and oxygen atoms in total. The van der Waals surface area contributed by atoms with Gasteiger partial charge in [-0.15, -0.1) is 0 Å². The highest BCUT2D eigenvalue weighted by Crippen LogP contribution is 2.19. The predicted octanol–water partition coefficient (Wildman–Crippen LogP) is 2.69. The van der Waals surface area contributed by atoms with Gasteiger partial charge >= 0.3 is 0 Å². The van der Waals surface area contributed by atoms with Gasteiger partial charge in [0.15, 0.2) is 5.58 Å². The van der Waals surface area contributed by atoms with Crippen LogP contribution < -0.4 is 5.32 Å². The summed E-state index contributed by atoms with van der Waals surface area (Å²) in [5.74, 6) is -0.0532. The summed E-state index contributed by atoms with van der Waals surface area (Å²) in [4.78, 5) is 14.2. The van der Waals surface area contributed by atoms with Gasteiger partial charge in [0, 0.05) is 6.92 Å². The molecule has 1 amide bonds. The third kappa shape index (κ3) is 2.14. The lowest BCUT2D eigenvalue weighted by atomic mass is 10.1. The van der Waals surface area contributed by atoms with E-state index in [-0.39, 0.29) is 11.9 Å². The van der Waals surface area contributed by atoms with E-state index in [0.29, 0.717) is 10.4 Å². The molecule has 0 saturated carbocycles. The van der Waals surface area contributed by atoms with Gasteiger partial charge in [-0.3, -0.25) is 4.79 Å². The lowest BCUT2D eigenvalue weighted by molar-refractivity contribution is -0.119. The smallest absolute Gasteiger partial charge is 0.266 e. The summed E-state index contributed by atoms with van der Waals surface area (Å²) in [5, 5.41) is 2.81. The van der Waals surface area contributed by atoms with Crippen molar-refractivity contribution in [2.45, 2.75) is 19.9 Å². The Morgan fingerprint density at radius 2 is 2.31 bits per heavy atom. The Morgan fingerprint density at radius 1 is 1.56 bits per heavy atom. The van der Waals surface area contributed by atoms with E-state index in [0.717, 1.165) is 11.1 Å². The van der Waals surface area contributed by atoms with Crippen molar-refractivity contribution >= 4 is 29.2 Å². The van der Waals surface area contributed by atoms with E-state index in [9.17, 15) is 4.79 Å². The number of benzene rings is 1. The zero-order valence-electron chi connectivity index (χ0n) is 9.03. The maximum Gasteiger partial charge on any atom is 0.266 e. The summed E-state index contributed by atoms with van der Waals surface area (Å²) >= 11 is 4.90. The Hall–Kier alpha value is -1.62. The lowest BCUT2D eigenvalue weighted by Crippen LogP contribution is -2.23. The molecule has 84 valence electrons. The number of carbonyl (C=O) groups excluding carboxylic acids is 1. The predicted molar refractivity (Wildman–Crippen MR) is 63.6 cm³/mol. The van der Waals surface area contributed by atoms with Crippen LogP contribution in [-0.2, 0) is 4.79 Å². The normalized spacial score (nSPS) is 12.6. The zero-order chi connectivity index (χ0) is 11.7. The molecule has 1 aromatic carbocycles. The Kier molecular flexibility index (Phi) is 2.78. The first-order valence-corrected chi connectivity index (χ1v) is 5.37. The fraction of sp³-hybridized carbons (Fsp3) is 0.273. The molecular formula is C11H12N2O2S. The molecule has 2 rings (SSSR count). The molecule has 0 saturated heterocycles. The molecule has 16 heavy (non-hydrogen) atoms. The van der Waals surface area contributed by atoms with E-state index >= 15 is 0 Å². The van der Waals surface area contributed by atoms with Crippen molar-refractivity contribution in [3.63, 3.8) is 0 Å². The fourth-order valence-corrected chi connectivity index (χ4v) is 1.82. The van der Waals surface area contributed by atoms with Crippen molar-refractivity contribution in [2.75, 3.05) is 0 Å². The Balaban J connectivity index is 2.38. The van der Waals surface area contributed by atoms with E-state index < -0.39 is 0 Å². The minimum absolute atomic E-state index is 0.0411. The maximum absolute atomic E-state index is 10.9. The van der Waals surface area contributed by atoms with Crippen molar-refractivity contribution in [2.24, 2.45) is 0 Å². The topological polar surface area (TPSA) is 58.0 Å². The van der Waals surface area contributed by atoms with Crippen molar-refractivity contribution < 1.29 is 9.21 Å². The van der Waals surface area contributed by atoms with Gasteiger partial charge in [-0.1, -0.05) is 6.07 Å². The molecule has 0 spiro atoms. The van der Waals surface area contributed by atoms with Gasteiger partial charge in [0.2, 0.25) is 5.91 Å². The van der Waals surface area contributed by atoms with Crippen LogP contribution in [0.5, 0.6) is 0 Å². The van der Waals surface area contributed by atoms with E-state index in [4.69, 9.17) is 16.6 Å². The summed E-state index contributed by atoms with van der Waals surface area (Å²) in [6.45, 7) is 3.42. The van der Waals surface area contributed by atoms with Gasteiger partial charge in [0.05, 0.1) is 11.6 Å². The molecule has 0 fully saturated rings. The number of amides is 1. The maximum atomic E-state index is 10.9. The molecule has 0 aliphatic carbocycles. The van der Waals surface area contributed by atoms with Gasteiger partial charge in [0.25, 0.3) is 4.84 Å². The minimum Gasteiger partial charge on any atom is -0.429 e. The fourth-order valence-electron chi connectivity index (χ4n) is 1.62. The average molecular weight is 236 g/mol. The summed E-state index contributed by atoms with van der Waals surface area (Å²) in [7, 11) is 0. The highest BCUT2D eigenvalue weighted by molar-refractivity contribution is 7.71. The highest BCUT2D eigenvalue weighted by Gasteiger charge is 2.08. The lowest BCUT2D eigenvalue weighted by Gasteiger charge is -2.12. The van der Waals surface area contributed by atoms with Crippen molar-refractivity contribution in [1.29, 1.82) is 0 Å². The molecule has 0 aliphatic heterocycles. The van der Waals surface area contributed by atoms with Crippen LogP contribution in [0.3, 0.4) is 0 Å². The number of rotatable bonds is 2. The van der Waals surface area contributed by atoms with Gasteiger partial charge < -0.3 is 14.7 Å². The summed E-state index contributed by atoms with van der Waals surface area (Å²) in [6.07, 6.45) is 0. The van der Waals surface area contributed by atoms with Crippen LogP contribution in [0.4, 0.5) is 0 Å². The van der Waals surface area contributed by atoms with Gasteiger partial charge in [-0.25, -0.2) is 0 Å². The van der Waals surface area contributed by atoms with Crippen molar-refractivity contribution in [3.05, 3.63) is 28.6 Å². The first-order valence-electron chi connectivity index (χ1n) is 4.96. The average Bonchev–Trinajstić information content (AvgIpc) is 2.55. The van der Waals surface area contributed by atoms with E-state index in [1.807, 2.05) is 25.1 Å². The molecule has 0 unspecified atom stereocenters. The molecule has 1 aromatic heterocycles. The monoisotopic (exact) mass is 236 g/mol. The molecule has 1 heterocycles. The Bertz CT molecular complexity index is 585. The number of oxazole rings is 1. The number of aromatic amines is 1. The standard InChI is InChI=1S/C11H12N2O2S/c1-6(12-7(2)14)8-3-4-9-10(5-8)15-11(16)13-9/h3-6H,1-2H3,(H,12,14)(H,13,16)/t6-/m0/s1. The van der Waals surface area contributed by atoms with Crippen LogP contribution in [0.25, 0.3) is 11.1 Å². The highest BCUT2D eigenvalue weighted by atomic mass is 32.1. The number of hydrogen-bond donors (Lipinski definition) is 2. The second kappa shape index (κ2) is 4.09. The van der Waals surface area contributed by atoms with Crippen LogP contribution in [0.1, 0.15) is 25.5 Å². The largest absolute Gasteiger partial charge is 0.429 e. The number of H-pyrrole nitrogens is 1. The molecule has 0 bridgehead atoms. The third-order valence-electron chi connectivity index (χ3n) is 2.36. The molecule has 2 aromatic rings. The van der Waals surface area contributed by atoms with Gasteiger partial charge in [-0.2, -0.15) is 0 Å². The first-order chi connectivity index (χ1) is 7.56. The van der Waals surface area contributed by atoms with Crippen LogP contribution in [0, 0.1) is 4.84 Å². The van der Waals surface area contributed by atoms with Crippen LogP contribution >= 0.6 is 12.2 Å². The molecule has 0 aliphatic rings. The van der Waals surface area contributed by atoms with E-state index in [1.165, 1.54) is 6.92 Å². The Labute approximate surface area is 97.7 Å².